The molecule has 1 aliphatic carbocycles. The maximum Gasteiger partial charge on any atom is 0.208 e. The number of nitrogens with one attached hydrogen (secondary N) is 1. The average molecular weight is 473 g/mol. The number of likely N-dealkylation sites (tertiary alicyclic amines) is 1. The number of rotatable bonds is 8. The quantitative estimate of drug-likeness (QED) is 0.624. The lowest BCUT2D eigenvalue weighted by molar-refractivity contribution is 0.246. The molecular formula is C21H33BrN2O3S. The van der Waals surface area contributed by atoms with E-state index in [0.717, 1.165) is 43.8 Å². The van der Waals surface area contributed by atoms with Crippen molar-refractivity contribution in [2.45, 2.75) is 51.0 Å². The molecule has 1 atom stereocenters. The Morgan fingerprint density at radius 1 is 1.18 bits per heavy atom. The third-order valence-corrected chi connectivity index (χ3v) is 7.75. The number of benzene rings is 1. The van der Waals surface area contributed by atoms with Gasteiger partial charge in [-0.05, 0) is 93.6 Å². The number of hydrogen-bond donors (Lipinski definition) is 1. The summed E-state index contributed by atoms with van der Waals surface area (Å²) in [6, 6.07) is 6.36. The Morgan fingerprint density at radius 2 is 1.93 bits per heavy atom. The first-order valence-electron chi connectivity index (χ1n) is 10.3. The Morgan fingerprint density at radius 3 is 2.61 bits per heavy atom. The Balaban J connectivity index is 1.39. The molecule has 1 heterocycles. The summed E-state index contributed by atoms with van der Waals surface area (Å²) in [6.45, 7) is 3.54. The summed E-state index contributed by atoms with van der Waals surface area (Å²) in [4.78, 5) is 2.61. The van der Waals surface area contributed by atoms with E-state index >= 15 is 0 Å². The lowest BCUT2D eigenvalue weighted by Crippen LogP contribution is -2.37. The van der Waals surface area contributed by atoms with Crippen molar-refractivity contribution >= 4 is 26.0 Å². The number of hydrogen-bond acceptors (Lipinski definition) is 4. The van der Waals surface area contributed by atoms with Gasteiger partial charge in [-0.25, -0.2) is 13.1 Å². The van der Waals surface area contributed by atoms with Gasteiger partial charge in [0.25, 0.3) is 0 Å². The van der Waals surface area contributed by atoms with E-state index in [1.165, 1.54) is 48.8 Å². The van der Waals surface area contributed by atoms with E-state index in [0.29, 0.717) is 5.92 Å². The van der Waals surface area contributed by atoms with Gasteiger partial charge in [-0.15, -0.1) is 0 Å². The molecule has 1 saturated carbocycles. The highest BCUT2D eigenvalue weighted by Gasteiger charge is 2.26. The maximum absolute atomic E-state index is 11.4. The van der Waals surface area contributed by atoms with E-state index in [-0.39, 0.29) is 6.04 Å². The molecule has 1 N–H and O–H groups in total. The summed E-state index contributed by atoms with van der Waals surface area (Å²) in [7, 11) is -1.36. The Bertz CT molecular complexity index is 748. The molecule has 2 fully saturated rings. The van der Waals surface area contributed by atoms with Crippen molar-refractivity contribution in [3.8, 4) is 5.75 Å². The van der Waals surface area contributed by atoms with Crippen LogP contribution in [0.15, 0.2) is 22.7 Å². The molecule has 0 amide bonds. The van der Waals surface area contributed by atoms with Crippen molar-refractivity contribution in [1.82, 2.24) is 9.62 Å². The van der Waals surface area contributed by atoms with Crippen LogP contribution in [0, 0.1) is 11.8 Å². The fourth-order valence-electron chi connectivity index (χ4n) is 4.66. The third-order valence-electron chi connectivity index (χ3n) is 6.21. The second-order valence-electron chi connectivity index (χ2n) is 8.51. The highest BCUT2D eigenvalue weighted by Crippen LogP contribution is 2.30. The molecule has 1 aromatic rings. The number of ether oxygens (including phenoxy) is 1. The summed E-state index contributed by atoms with van der Waals surface area (Å²) in [5.41, 5.74) is 1.34. The van der Waals surface area contributed by atoms with E-state index in [2.05, 4.69) is 37.7 Å². The fraction of sp³-hybridized carbons (Fsp3) is 0.714. The normalized spacial score (nSPS) is 26.5. The van der Waals surface area contributed by atoms with Gasteiger partial charge in [-0.3, -0.25) is 0 Å². The molecule has 7 heteroatoms. The summed E-state index contributed by atoms with van der Waals surface area (Å²) < 4.78 is 32.0. The number of halogens is 1. The monoisotopic (exact) mass is 472 g/mol. The molecule has 1 aromatic carbocycles. The predicted octanol–water partition coefficient (Wildman–Crippen LogP) is 3.82. The number of nitrogens with zero attached hydrogens (tertiary/aromatic N) is 1. The molecule has 28 heavy (non-hydrogen) atoms. The largest absolute Gasteiger partial charge is 0.497 e. The van der Waals surface area contributed by atoms with E-state index in [1.54, 1.807) is 7.11 Å². The first-order valence-corrected chi connectivity index (χ1v) is 13.0. The molecule has 158 valence electrons. The van der Waals surface area contributed by atoms with Gasteiger partial charge in [-0.2, -0.15) is 0 Å². The van der Waals surface area contributed by atoms with Crippen molar-refractivity contribution < 1.29 is 13.2 Å². The summed E-state index contributed by atoms with van der Waals surface area (Å²) >= 11 is 3.68. The first-order chi connectivity index (χ1) is 13.3. The van der Waals surface area contributed by atoms with Crippen LogP contribution < -0.4 is 9.46 Å². The zero-order valence-electron chi connectivity index (χ0n) is 17.0. The van der Waals surface area contributed by atoms with Crippen molar-refractivity contribution in [2.24, 2.45) is 11.8 Å². The van der Waals surface area contributed by atoms with Gasteiger partial charge in [0.05, 0.1) is 13.4 Å². The lowest BCUT2D eigenvalue weighted by atomic mass is 9.84. The molecule has 1 unspecified atom stereocenters. The fourth-order valence-corrected chi connectivity index (χ4v) is 5.91. The lowest BCUT2D eigenvalue weighted by Gasteiger charge is -2.29. The zero-order chi connectivity index (χ0) is 20.1. The van der Waals surface area contributed by atoms with E-state index in [9.17, 15) is 8.42 Å². The van der Waals surface area contributed by atoms with Gasteiger partial charge in [0, 0.05) is 17.1 Å². The van der Waals surface area contributed by atoms with Gasteiger partial charge >= 0.3 is 0 Å². The van der Waals surface area contributed by atoms with E-state index in [1.807, 2.05) is 6.07 Å². The minimum absolute atomic E-state index is 0.142. The highest BCUT2D eigenvalue weighted by molar-refractivity contribution is 9.10. The SMILES string of the molecule is COc1ccc(Br)c(CC2CCN(CC[C@H]3CC[C@H](NS(C)(=O)=O)CC3)C2)c1. The number of methoxy groups -OCH3 is 1. The van der Waals surface area contributed by atoms with Gasteiger partial charge in [-0.1, -0.05) is 15.9 Å². The molecule has 0 spiro atoms. The van der Waals surface area contributed by atoms with E-state index in [4.69, 9.17) is 4.74 Å². The summed E-state index contributed by atoms with van der Waals surface area (Å²) in [6.07, 6.45) is 9.08. The average Bonchev–Trinajstić information content (AvgIpc) is 3.09. The molecule has 2 aliphatic rings. The van der Waals surface area contributed by atoms with Gasteiger partial charge in [0.1, 0.15) is 5.75 Å². The van der Waals surface area contributed by atoms with Gasteiger partial charge < -0.3 is 9.64 Å². The van der Waals surface area contributed by atoms with Crippen LogP contribution in [0.2, 0.25) is 0 Å². The van der Waals surface area contributed by atoms with E-state index < -0.39 is 10.0 Å². The highest BCUT2D eigenvalue weighted by atomic mass is 79.9. The van der Waals surface area contributed by atoms with Crippen LogP contribution in [0.1, 0.15) is 44.1 Å². The summed E-state index contributed by atoms with van der Waals surface area (Å²) in [5.74, 6) is 2.37. The molecule has 1 saturated heterocycles. The predicted molar refractivity (Wildman–Crippen MR) is 117 cm³/mol. The molecule has 0 radical (unpaired) electrons. The third kappa shape index (κ3) is 6.71. The van der Waals surface area contributed by atoms with Crippen LogP contribution in [0.3, 0.4) is 0 Å². The molecule has 3 rings (SSSR count). The molecule has 1 aliphatic heterocycles. The zero-order valence-corrected chi connectivity index (χ0v) is 19.4. The Labute approximate surface area is 178 Å². The Hall–Kier alpha value is -0.630. The molecular weight excluding hydrogens is 440 g/mol. The summed E-state index contributed by atoms with van der Waals surface area (Å²) in [5, 5.41) is 0. The maximum atomic E-state index is 11.4. The van der Waals surface area contributed by atoms with Crippen molar-refractivity contribution in [2.75, 3.05) is 33.0 Å². The smallest absolute Gasteiger partial charge is 0.208 e. The first kappa shape index (κ1) is 22.1. The van der Waals surface area contributed by atoms with Crippen LogP contribution >= 0.6 is 15.9 Å². The molecule has 5 nitrogen and oxygen atoms in total. The number of sulfonamides is 1. The van der Waals surface area contributed by atoms with Gasteiger partial charge in [0.15, 0.2) is 0 Å². The van der Waals surface area contributed by atoms with Crippen LogP contribution in [0.25, 0.3) is 0 Å². The van der Waals surface area contributed by atoms with Crippen LogP contribution in [-0.2, 0) is 16.4 Å². The van der Waals surface area contributed by atoms with Crippen LogP contribution in [-0.4, -0.2) is 52.4 Å². The molecule has 0 bridgehead atoms. The van der Waals surface area contributed by atoms with Crippen molar-refractivity contribution in [3.05, 3.63) is 28.2 Å². The second-order valence-corrected chi connectivity index (χ2v) is 11.1. The minimum Gasteiger partial charge on any atom is -0.497 e. The molecule has 0 aromatic heterocycles. The van der Waals surface area contributed by atoms with Crippen LogP contribution in [0.4, 0.5) is 0 Å². The second kappa shape index (κ2) is 9.92. The van der Waals surface area contributed by atoms with Crippen molar-refractivity contribution in [1.29, 1.82) is 0 Å². The topological polar surface area (TPSA) is 58.6 Å². The minimum atomic E-state index is -3.08. The Kier molecular flexibility index (Phi) is 7.81. The standard InChI is InChI=1S/C21H33BrN2O3S/c1-27-20-7-8-21(22)18(14-20)13-17-10-12-24(15-17)11-9-16-3-5-19(6-4-16)23-28(2,25)26/h7-8,14,16-17,19,23H,3-6,9-13,15H2,1-2H3/t16-,17?,19-. The van der Waals surface area contributed by atoms with Crippen LogP contribution in [0.5, 0.6) is 5.75 Å². The van der Waals surface area contributed by atoms with Gasteiger partial charge in [0.2, 0.25) is 10.0 Å². The van der Waals surface area contributed by atoms with Crippen molar-refractivity contribution in [3.63, 3.8) is 0 Å².